The topological polar surface area (TPSA) is 41.5 Å². The van der Waals surface area contributed by atoms with E-state index in [9.17, 15) is 4.79 Å². The molecule has 1 N–H and O–H groups in total. The summed E-state index contributed by atoms with van der Waals surface area (Å²) in [7, 11) is 0. The van der Waals surface area contributed by atoms with E-state index in [1.54, 1.807) is 18.0 Å². The normalized spacial score (nSPS) is 11.4. The van der Waals surface area contributed by atoms with E-state index in [4.69, 9.17) is 0 Å². The Morgan fingerprint density at radius 2 is 1.56 bits per heavy atom. The number of nitrogens with one attached hydrogen (secondary N) is 1. The van der Waals surface area contributed by atoms with Crippen molar-refractivity contribution in [2.75, 3.05) is 5.75 Å². The first-order valence-corrected chi connectivity index (χ1v) is 10.2. The molecule has 27 heavy (non-hydrogen) atoms. The average molecular weight is 381 g/mol. The van der Waals surface area contributed by atoms with Gasteiger partial charge in [-0.2, -0.15) is 5.10 Å². The molecule has 3 nitrogen and oxygen atoms in total. The van der Waals surface area contributed by atoms with Crippen molar-refractivity contribution >= 4 is 30.0 Å². The molecule has 0 aliphatic carbocycles. The number of rotatable bonds is 7. The molecule has 0 saturated carbocycles. The third-order valence-electron chi connectivity index (χ3n) is 5.07. The summed E-state index contributed by atoms with van der Waals surface area (Å²) in [5.74, 6) is 1.15. The number of hydrazone groups is 1. The second kappa shape index (κ2) is 10.1. The minimum absolute atomic E-state index is 0.0831. The summed E-state index contributed by atoms with van der Waals surface area (Å²) in [6.45, 7) is 10.9. The Labute approximate surface area is 167 Å². The van der Waals surface area contributed by atoms with Crippen molar-refractivity contribution in [1.82, 2.24) is 5.43 Å². The van der Waals surface area contributed by atoms with Crippen LogP contribution in [0.1, 0.15) is 38.9 Å². The molecule has 0 radical (unpaired) electrons. The highest BCUT2D eigenvalue weighted by molar-refractivity contribution is 7.99. The summed E-state index contributed by atoms with van der Waals surface area (Å²) in [6.07, 6.45) is 5.35. The van der Waals surface area contributed by atoms with Gasteiger partial charge in [-0.15, -0.1) is 11.8 Å². The van der Waals surface area contributed by atoms with Gasteiger partial charge in [-0.1, -0.05) is 36.4 Å². The van der Waals surface area contributed by atoms with E-state index < -0.39 is 0 Å². The number of hydrogen-bond acceptors (Lipinski definition) is 3. The van der Waals surface area contributed by atoms with Crippen molar-refractivity contribution in [2.24, 2.45) is 5.10 Å². The molecule has 1 amide bonds. The zero-order valence-electron chi connectivity index (χ0n) is 16.8. The van der Waals surface area contributed by atoms with Crippen LogP contribution in [0.25, 0.3) is 6.08 Å². The molecular formula is C23H28N2OS. The Morgan fingerprint density at radius 3 is 2.19 bits per heavy atom. The third-order valence-corrected chi connectivity index (χ3v) is 6.03. The number of amides is 1. The molecule has 0 aliphatic rings. The maximum Gasteiger partial charge on any atom is 0.250 e. The van der Waals surface area contributed by atoms with Crippen molar-refractivity contribution in [2.45, 2.75) is 40.4 Å². The predicted molar refractivity (Wildman–Crippen MR) is 118 cm³/mol. The third kappa shape index (κ3) is 5.83. The zero-order valence-corrected chi connectivity index (χ0v) is 17.6. The highest BCUT2D eigenvalue weighted by Crippen LogP contribution is 2.28. The van der Waals surface area contributed by atoms with Crippen LogP contribution < -0.4 is 5.43 Å². The van der Waals surface area contributed by atoms with Gasteiger partial charge in [-0.25, -0.2) is 5.43 Å². The van der Waals surface area contributed by atoms with Gasteiger partial charge in [0, 0.05) is 12.0 Å². The number of carbonyl (C=O) groups is 1. The summed E-state index contributed by atoms with van der Waals surface area (Å²) < 4.78 is 0. The molecule has 2 aromatic rings. The number of nitrogens with zero attached hydrogens (tertiary/aromatic N) is 1. The second-order valence-electron chi connectivity index (χ2n) is 6.68. The Kier molecular flexibility index (Phi) is 7.86. The van der Waals surface area contributed by atoms with Crippen molar-refractivity contribution in [3.63, 3.8) is 0 Å². The number of allylic oxidation sites excluding steroid dienone is 1. The van der Waals surface area contributed by atoms with E-state index in [1.807, 2.05) is 42.5 Å². The Hall–Kier alpha value is -2.33. The standard InChI is InChI=1S/C23H28N2OS/c1-16-17(2)19(4)22(20(5)18(16)3)14-27-15-23(26)25-24-13-9-12-21-10-7-6-8-11-21/h6-13H,14-15H2,1-5H3,(H,25,26)/b12-9+,24-13-. The van der Waals surface area contributed by atoms with Crippen LogP contribution in [0.15, 0.2) is 41.5 Å². The van der Waals surface area contributed by atoms with E-state index in [0.29, 0.717) is 5.75 Å². The summed E-state index contributed by atoms with van der Waals surface area (Å²) in [4.78, 5) is 12.0. The molecule has 0 fully saturated rings. The molecule has 0 saturated heterocycles. The van der Waals surface area contributed by atoms with Crippen LogP contribution in [0, 0.1) is 34.6 Å². The minimum Gasteiger partial charge on any atom is -0.272 e. The molecule has 0 unspecified atom stereocenters. The van der Waals surface area contributed by atoms with E-state index in [1.165, 1.54) is 33.4 Å². The van der Waals surface area contributed by atoms with Crippen LogP contribution >= 0.6 is 11.8 Å². The average Bonchev–Trinajstić information content (AvgIpc) is 2.68. The minimum atomic E-state index is -0.0831. The van der Waals surface area contributed by atoms with Gasteiger partial charge in [0.05, 0.1) is 5.75 Å². The van der Waals surface area contributed by atoms with Crippen LogP contribution in [0.3, 0.4) is 0 Å². The molecule has 0 spiro atoms. The van der Waals surface area contributed by atoms with Crippen LogP contribution in [-0.2, 0) is 10.5 Å². The lowest BCUT2D eigenvalue weighted by Crippen LogP contribution is -2.19. The fraction of sp³-hybridized carbons (Fsp3) is 0.304. The number of thioether (sulfide) groups is 1. The van der Waals surface area contributed by atoms with Gasteiger partial charge in [0.25, 0.3) is 0 Å². The molecule has 0 bridgehead atoms. The fourth-order valence-electron chi connectivity index (χ4n) is 2.94. The number of carbonyl (C=O) groups excluding carboxylic acids is 1. The summed E-state index contributed by atoms with van der Waals surface area (Å²) >= 11 is 1.62. The fourth-order valence-corrected chi connectivity index (χ4v) is 3.93. The summed E-state index contributed by atoms with van der Waals surface area (Å²) in [6, 6.07) is 9.97. The van der Waals surface area contributed by atoms with Crippen LogP contribution in [0.5, 0.6) is 0 Å². The molecule has 0 atom stereocenters. The summed E-state index contributed by atoms with van der Waals surface area (Å²) in [5, 5.41) is 3.96. The highest BCUT2D eigenvalue weighted by Gasteiger charge is 2.12. The van der Waals surface area contributed by atoms with Crippen molar-refractivity contribution in [3.05, 3.63) is 75.4 Å². The number of hydrogen-bond donors (Lipinski definition) is 1. The quantitative estimate of drug-likeness (QED) is 0.525. The lowest BCUT2D eigenvalue weighted by Gasteiger charge is -2.18. The van der Waals surface area contributed by atoms with Crippen LogP contribution in [0.2, 0.25) is 0 Å². The van der Waals surface area contributed by atoms with Crippen LogP contribution in [-0.4, -0.2) is 17.9 Å². The van der Waals surface area contributed by atoms with Gasteiger partial charge >= 0.3 is 0 Å². The smallest absolute Gasteiger partial charge is 0.250 e. The molecule has 2 rings (SSSR count). The second-order valence-corrected chi connectivity index (χ2v) is 7.66. The Morgan fingerprint density at radius 1 is 0.963 bits per heavy atom. The largest absolute Gasteiger partial charge is 0.272 e. The van der Waals surface area contributed by atoms with Gasteiger partial charge in [0.2, 0.25) is 5.91 Å². The first-order chi connectivity index (χ1) is 12.9. The molecule has 2 aromatic carbocycles. The Bertz CT molecular complexity index is 825. The molecule has 0 aliphatic heterocycles. The van der Waals surface area contributed by atoms with Gasteiger partial charge in [0.15, 0.2) is 0 Å². The van der Waals surface area contributed by atoms with E-state index >= 15 is 0 Å². The Balaban J connectivity index is 1.81. The lowest BCUT2D eigenvalue weighted by molar-refractivity contribution is -0.118. The maximum absolute atomic E-state index is 12.0. The van der Waals surface area contributed by atoms with E-state index in [-0.39, 0.29) is 5.91 Å². The molecule has 4 heteroatoms. The van der Waals surface area contributed by atoms with Crippen molar-refractivity contribution in [1.29, 1.82) is 0 Å². The lowest BCUT2D eigenvalue weighted by atomic mass is 9.90. The monoisotopic (exact) mass is 380 g/mol. The van der Waals surface area contributed by atoms with Crippen molar-refractivity contribution < 1.29 is 4.79 Å². The van der Waals surface area contributed by atoms with Crippen molar-refractivity contribution in [3.8, 4) is 0 Å². The van der Waals surface area contributed by atoms with Gasteiger partial charge in [-0.05, 0) is 79.6 Å². The van der Waals surface area contributed by atoms with E-state index in [0.717, 1.165) is 11.3 Å². The van der Waals surface area contributed by atoms with E-state index in [2.05, 4.69) is 45.1 Å². The van der Waals surface area contributed by atoms with Gasteiger partial charge < -0.3 is 0 Å². The SMILES string of the molecule is Cc1c(C)c(C)c(CSCC(=O)N/N=C\C=C\c2ccccc2)c(C)c1C. The predicted octanol–water partition coefficient (Wildman–Crippen LogP) is 5.28. The van der Waals surface area contributed by atoms with Crippen LogP contribution in [0.4, 0.5) is 0 Å². The molecule has 0 heterocycles. The molecule has 0 aromatic heterocycles. The van der Waals surface area contributed by atoms with Gasteiger partial charge in [0.1, 0.15) is 0 Å². The number of benzene rings is 2. The first kappa shape index (κ1) is 21.0. The first-order valence-electron chi connectivity index (χ1n) is 9.09. The summed E-state index contributed by atoms with van der Waals surface area (Å²) in [5.41, 5.74) is 11.8. The highest BCUT2D eigenvalue weighted by atomic mass is 32.2. The zero-order chi connectivity index (χ0) is 19.8. The molecule has 142 valence electrons. The maximum atomic E-state index is 12.0. The van der Waals surface area contributed by atoms with Gasteiger partial charge in [-0.3, -0.25) is 4.79 Å². The molecular weight excluding hydrogens is 352 g/mol.